The Bertz CT molecular complexity index is 1270. The Morgan fingerprint density at radius 3 is 1.43 bits per heavy atom. The number of ether oxygens (including phenoxy) is 5. The van der Waals surface area contributed by atoms with Gasteiger partial charge < -0.3 is 0 Å². The molecule has 1 aliphatic rings. The molecule has 0 N–H and O–H groups in total. The van der Waals surface area contributed by atoms with Gasteiger partial charge >= 0.3 is 279 Å². The van der Waals surface area contributed by atoms with E-state index in [-0.39, 0.29) is 12.2 Å². The summed E-state index contributed by atoms with van der Waals surface area (Å²) < 4.78 is 38.9. The average Bonchev–Trinajstić information content (AvgIpc) is 3.15. The fourth-order valence-electron chi connectivity index (χ4n) is 7.03. The van der Waals surface area contributed by atoms with Crippen molar-refractivity contribution < 1.29 is 23.7 Å². The van der Waals surface area contributed by atoms with Crippen LogP contribution in [0.1, 0.15) is 82.4 Å². The number of hydrogen-bond acceptors (Lipinski definition) is 5. The molecule has 0 unspecified atom stereocenters. The van der Waals surface area contributed by atoms with E-state index in [1.54, 1.807) is 7.11 Å². The van der Waals surface area contributed by atoms with Crippen molar-refractivity contribution in [3.05, 3.63) is 120 Å². The summed E-state index contributed by atoms with van der Waals surface area (Å²) in [6.45, 7) is 8.39. The van der Waals surface area contributed by atoms with Crippen molar-refractivity contribution in [3.8, 4) is 0 Å². The van der Waals surface area contributed by atoms with Crippen LogP contribution in [0.25, 0.3) is 0 Å². The summed E-state index contributed by atoms with van der Waals surface area (Å²) in [5, 5.41) is 0. The van der Waals surface area contributed by atoms with Crippen LogP contribution >= 0.6 is 0 Å². The van der Waals surface area contributed by atoms with Gasteiger partial charge in [0.15, 0.2) is 0 Å². The third-order valence-corrected chi connectivity index (χ3v) is 25.2. The third-order valence-electron chi connectivity index (χ3n) is 9.95. The molecule has 49 heavy (non-hydrogen) atoms. The molecule has 268 valence electrons. The molecule has 0 amide bonds. The van der Waals surface area contributed by atoms with E-state index in [4.69, 9.17) is 23.7 Å². The number of rotatable bonds is 23. The van der Waals surface area contributed by atoms with E-state index in [9.17, 15) is 0 Å². The molecule has 3 aromatic rings. The van der Waals surface area contributed by atoms with Crippen LogP contribution in [-0.4, -0.2) is 56.2 Å². The van der Waals surface area contributed by atoms with Crippen molar-refractivity contribution in [2.24, 2.45) is 0 Å². The van der Waals surface area contributed by atoms with E-state index in [1.807, 2.05) is 42.5 Å². The Kier molecular flexibility index (Phi) is 18.5. The first-order valence-corrected chi connectivity index (χ1v) is 27.0. The fraction of sp³-hybridized carbons (Fsp3) is 0.535. The molecule has 0 aliphatic carbocycles. The second-order valence-corrected chi connectivity index (χ2v) is 27.8. The van der Waals surface area contributed by atoms with Crippen molar-refractivity contribution in [1.29, 1.82) is 0 Å². The molecular weight excluding hydrogens is 715 g/mol. The Balaban J connectivity index is 1.59. The fourth-order valence-corrected chi connectivity index (χ4v) is 22.3. The summed E-state index contributed by atoms with van der Waals surface area (Å²) in [5.74, 6) is 0. The van der Waals surface area contributed by atoms with Gasteiger partial charge in [0, 0.05) is 0 Å². The number of allylic oxidation sites excluding steroid dienone is 1. The number of hydrogen-bond donors (Lipinski definition) is 0. The molecular formula is C43H62O5Sn. The van der Waals surface area contributed by atoms with Crippen molar-refractivity contribution in [2.45, 2.75) is 134 Å². The molecule has 6 heteroatoms. The summed E-state index contributed by atoms with van der Waals surface area (Å²) in [4.78, 5) is 0. The molecule has 5 nitrogen and oxygen atoms in total. The van der Waals surface area contributed by atoms with Crippen molar-refractivity contribution in [1.82, 2.24) is 0 Å². The second-order valence-electron chi connectivity index (χ2n) is 13.8. The maximum absolute atomic E-state index is 6.81. The van der Waals surface area contributed by atoms with Gasteiger partial charge in [0.25, 0.3) is 0 Å². The predicted octanol–water partition coefficient (Wildman–Crippen LogP) is 10.9. The Morgan fingerprint density at radius 2 is 1.00 bits per heavy atom. The summed E-state index contributed by atoms with van der Waals surface area (Å²) in [5.41, 5.74) is 3.32. The van der Waals surface area contributed by atoms with Crippen LogP contribution in [0.3, 0.4) is 0 Å². The van der Waals surface area contributed by atoms with Crippen LogP contribution in [0.2, 0.25) is 17.7 Å². The van der Waals surface area contributed by atoms with Crippen LogP contribution < -0.4 is 0 Å². The molecule has 1 fully saturated rings. The summed E-state index contributed by atoms with van der Waals surface area (Å²) in [7, 11) is 1.70. The minimum absolute atomic E-state index is 0.242. The number of unbranched alkanes of at least 4 members (excludes halogenated alkanes) is 3. The first kappa shape index (κ1) is 39.8. The van der Waals surface area contributed by atoms with Gasteiger partial charge in [-0.2, -0.15) is 0 Å². The van der Waals surface area contributed by atoms with Gasteiger partial charge in [0.1, 0.15) is 0 Å². The Morgan fingerprint density at radius 1 is 0.571 bits per heavy atom. The van der Waals surface area contributed by atoms with Gasteiger partial charge in [-0.1, -0.05) is 24.3 Å². The number of benzene rings is 3. The van der Waals surface area contributed by atoms with Gasteiger partial charge in [-0.05, 0) is 0 Å². The predicted molar refractivity (Wildman–Crippen MR) is 204 cm³/mol. The zero-order chi connectivity index (χ0) is 34.6. The van der Waals surface area contributed by atoms with E-state index < -0.39 is 36.9 Å². The van der Waals surface area contributed by atoms with Crippen molar-refractivity contribution >= 4 is 18.4 Å². The zero-order valence-corrected chi connectivity index (χ0v) is 33.5. The van der Waals surface area contributed by atoms with Crippen LogP contribution in [0.15, 0.2) is 103 Å². The van der Waals surface area contributed by atoms with E-state index in [0.717, 1.165) is 23.1 Å². The second kappa shape index (κ2) is 22.7. The Hall–Kier alpha value is -2.00. The van der Waals surface area contributed by atoms with Crippen molar-refractivity contribution in [3.63, 3.8) is 0 Å². The van der Waals surface area contributed by atoms with Gasteiger partial charge in [-0.3, -0.25) is 0 Å². The molecule has 0 radical (unpaired) electrons. The summed E-state index contributed by atoms with van der Waals surface area (Å²) in [6.07, 6.45) is 11.6. The maximum atomic E-state index is 6.81. The summed E-state index contributed by atoms with van der Waals surface area (Å²) in [6, 6.07) is 30.9. The zero-order valence-electron chi connectivity index (χ0n) is 30.6. The van der Waals surface area contributed by atoms with E-state index in [1.165, 1.54) is 56.3 Å². The third kappa shape index (κ3) is 13.2. The molecule has 5 atom stereocenters. The minimum atomic E-state index is -2.29. The van der Waals surface area contributed by atoms with E-state index in [0.29, 0.717) is 19.8 Å². The average molecular weight is 778 g/mol. The van der Waals surface area contributed by atoms with Crippen molar-refractivity contribution in [2.75, 3.05) is 7.11 Å². The topological polar surface area (TPSA) is 46.2 Å². The molecule has 1 saturated heterocycles. The monoisotopic (exact) mass is 778 g/mol. The molecule has 3 aromatic carbocycles. The molecule has 0 spiro atoms. The van der Waals surface area contributed by atoms with Crippen LogP contribution in [-0.2, 0) is 43.5 Å². The molecule has 0 bridgehead atoms. The quantitative estimate of drug-likeness (QED) is 0.0709. The molecule has 4 rings (SSSR count). The molecule has 1 aliphatic heterocycles. The normalized spacial score (nSPS) is 21.3. The standard InChI is InChI=1S/C31H35O5.3C4H9.Sn/c1-3-4-20-27-28(33-21-24-14-8-5-9-15-24)29(34-22-25-16-10-6-11-17-25)30(31(32-2)36-27)35-23-26-18-12-7-13-19-26;3*1-3-4-2;/h3-19,27-31H,1,20-23H2,2H3;3*1,3-4H2,2H3;/b4-3+;;;;/t27-,28-,29+,30+,31+;;;;/m1..../s1. The molecule has 1 heterocycles. The van der Waals surface area contributed by atoms with Gasteiger partial charge in [-0.15, -0.1) is 0 Å². The first-order chi connectivity index (χ1) is 24.1. The number of methoxy groups -OCH3 is 1. The van der Waals surface area contributed by atoms with Gasteiger partial charge in [0.05, 0.1) is 0 Å². The van der Waals surface area contributed by atoms with E-state index >= 15 is 0 Å². The van der Waals surface area contributed by atoms with Gasteiger partial charge in [0.2, 0.25) is 0 Å². The van der Waals surface area contributed by atoms with Crippen LogP contribution in [0, 0.1) is 0 Å². The van der Waals surface area contributed by atoms with E-state index in [2.05, 4.69) is 81.5 Å². The van der Waals surface area contributed by atoms with Crippen LogP contribution in [0.4, 0.5) is 0 Å². The SMILES string of the molecule is CCC[CH2][Sn]([CH2]/C=C/C[C@H]1O[C@H](OC)[C@@H](OCc2ccccc2)[C@@H](OCc2ccccc2)[C@@H]1OCc1ccccc1)([CH2]CCC)[CH2]CCC. The summed E-state index contributed by atoms with van der Waals surface area (Å²) >= 11 is -2.29. The molecule has 0 aromatic heterocycles. The van der Waals surface area contributed by atoms with Gasteiger partial charge in [-0.25, -0.2) is 0 Å². The Labute approximate surface area is 301 Å². The van der Waals surface area contributed by atoms with Crippen LogP contribution in [0.5, 0.6) is 0 Å². The first-order valence-electron chi connectivity index (χ1n) is 18.9. The molecule has 0 saturated carbocycles.